The van der Waals surface area contributed by atoms with Crippen molar-refractivity contribution in [3.63, 3.8) is 0 Å². The molecule has 0 unspecified atom stereocenters. The van der Waals surface area contributed by atoms with Crippen LogP contribution in [0.15, 0.2) is 47.1 Å². The molecular weight excluding hydrogens is 328 g/mol. The van der Waals surface area contributed by atoms with Gasteiger partial charge < -0.3 is 15.2 Å². The van der Waals surface area contributed by atoms with Crippen molar-refractivity contribution in [2.45, 2.75) is 32.6 Å². The van der Waals surface area contributed by atoms with Gasteiger partial charge in [0.2, 0.25) is 5.88 Å². The summed E-state index contributed by atoms with van der Waals surface area (Å²) in [5, 5.41) is 10.0. The van der Waals surface area contributed by atoms with Gasteiger partial charge in [-0.1, -0.05) is 30.7 Å². The number of hydrogen-bond donors (Lipinski definition) is 1. The van der Waals surface area contributed by atoms with Gasteiger partial charge in [-0.3, -0.25) is 0 Å². The lowest BCUT2D eigenvalue weighted by molar-refractivity contribution is -0.139. The lowest BCUT2D eigenvalue weighted by Crippen LogP contribution is -2.26. The first-order valence-corrected chi connectivity index (χ1v) is 8.14. The molecule has 0 amide bonds. The molecule has 0 fully saturated rings. The van der Waals surface area contributed by atoms with Crippen molar-refractivity contribution in [2.24, 2.45) is 5.73 Å². The summed E-state index contributed by atoms with van der Waals surface area (Å²) < 4.78 is 10.8. The molecule has 0 saturated carbocycles. The zero-order valence-electron chi connectivity index (χ0n) is 13.6. The normalized spacial score (nSPS) is 17.3. The first-order chi connectivity index (χ1) is 11.5. The maximum Gasteiger partial charge on any atom is 0.338 e. The second-order valence-corrected chi connectivity index (χ2v) is 5.72. The van der Waals surface area contributed by atoms with Crippen molar-refractivity contribution in [3.05, 3.63) is 57.6 Å². The van der Waals surface area contributed by atoms with Crippen molar-refractivity contribution in [2.75, 3.05) is 6.61 Å². The van der Waals surface area contributed by atoms with E-state index in [0.29, 0.717) is 28.3 Å². The fourth-order valence-electron chi connectivity index (χ4n) is 2.68. The lowest BCUT2D eigenvalue weighted by atomic mass is 9.82. The Labute approximate surface area is 146 Å². The molecule has 1 aromatic rings. The highest BCUT2D eigenvalue weighted by Crippen LogP contribution is 2.41. The molecule has 1 aliphatic rings. The summed E-state index contributed by atoms with van der Waals surface area (Å²) in [4.78, 5) is 12.6. The summed E-state index contributed by atoms with van der Waals surface area (Å²) in [6.45, 7) is 3.92. The van der Waals surface area contributed by atoms with Gasteiger partial charge in [0.05, 0.1) is 18.1 Å². The molecule has 5 nitrogen and oxygen atoms in total. The van der Waals surface area contributed by atoms with Crippen LogP contribution in [-0.2, 0) is 14.3 Å². The molecule has 0 saturated heterocycles. The first kappa shape index (κ1) is 17.9. The Morgan fingerprint density at radius 3 is 2.79 bits per heavy atom. The number of carbonyl (C=O) groups excluding carboxylic acids is 1. The van der Waals surface area contributed by atoms with E-state index >= 15 is 0 Å². The van der Waals surface area contributed by atoms with Gasteiger partial charge in [0.15, 0.2) is 0 Å². The van der Waals surface area contributed by atoms with Gasteiger partial charge in [0.25, 0.3) is 0 Å². The van der Waals surface area contributed by atoms with Crippen molar-refractivity contribution in [3.8, 4) is 6.07 Å². The highest BCUT2D eigenvalue weighted by Gasteiger charge is 2.37. The highest BCUT2D eigenvalue weighted by molar-refractivity contribution is 6.30. The molecule has 126 valence electrons. The minimum absolute atomic E-state index is 0.0129. The Morgan fingerprint density at radius 2 is 2.21 bits per heavy atom. The number of halogens is 1. The van der Waals surface area contributed by atoms with Crippen LogP contribution >= 0.6 is 11.6 Å². The number of rotatable bonds is 5. The van der Waals surface area contributed by atoms with Crippen LogP contribution < -0.4 is 5.73 Å². The molecule has 0 radical (unpaired) electrons. The predicted octanol–water partition coefficient (Wildman–Crippen LogP) is 3.76. The highest BCUT2D eigenvalue weighted by atomic mass is 35.5. The Bertz CT molecular complexity index is 747. The summed E-state index contributed by atoms with van der Waals surface area (Å²) in [7, 11) is 0. The maximum absolute atomic E-state index is 12.6. The average molecular weight is 347 g/mol. The van der Waals surface area contributed by atoms with Crippen LogP contribution in [-0.4, -0.2) is 12.6 Å². The van der Waals surface area contributed by atoms with E-state index in [1.54, 1.807) is 31.2 Å². The molecule has 6 heteroatoms. The van der Waals surface area contributed by atoms with E-state index in [2.05, 4.69) is 6.07 Å². The number of nitriles is 1. The van der Waals surface area contributed by atoms with E-state index in [-0.39, 0.29) is 18.1 Å². The molecule has 2 N–H and O–H groups in total. The first-order valence-electron chi connectivity index (χ1n) is 7.76. The Morgan fingerprint density at radius 1 is 1.46 bits per heavy atom. The van der Waals surface area contributed by atoms with Crippen LogP contribution in [0.5, 0.6) is 0 Å². The summed E-state index contributed by atoms with van der Waals surface area (Å²) in [6.07, 6.45) is 1.28. The summed E-state index contributed by atoms with van der Waals surface area (Å²) in [5.74, 6) is -0.703. The molecule has 1 heterocycles. The van der Waals surface area contributed by atoms with Crippen LogP contribution in [0.4, 0.5) is 0 Å². The summed E-state index contributed by atoms with van der Waals surface area (Å²) in [5.41, 5.74) is 7.12. The molecule has 1 atom stereocenters. The number of carbonyl (C=O) groups is 1. The van der Waals surface area contributed by atoms with Crippen LogP contribution in [0.3, 0.4) is 0 Å². The van der Waals surface area contributed by atoms with Gasteiger partial charge in [0, 0.05) is 11.4 Å². The second kappa shape index (κ2) is 7.89. The minimum atomic E-state index is -0.650. The van der Waals surface area contributed by atoms with E-state index in [9.17, 15) is 10.1 Å². The summed E-state index contributed by atoms with van der Waals surface area (Å²) >= 11 is 6.08. The van der Waals surface area contributed by atoms with Crippen molar-refractivity contribution in [1.29, 1.82) is 5.26 Å². The Kier molecular flexibility index (Phi) is 5.88. The Hall–Kier alpha value is -2.45. The van der Waals surface area contributed by atoms with Gasteiger partial charge in [-0.25, -0.2) is 4.79 Å². The second-order valence-electron chi connectivity index (χ2n) is 5.29. The standard InChI is InChI=1S/C18H19ClN2O3/c1-3-6-14-16(18(22)23-4-2)15(13(10-20)17(21)24-14)11-7-5-8-12(19)9-11/h5,7-9,15H,3-4,6,21H2,1-2H3/t15-/m1/s1. The van der Waals surface area contributed by atoms with E-state index < -0.39 is 11.9 Å². The number of ether oxygens (including phenoxy) is 2. The lowest BCUT2D eigenvalue weighted by Gasteiger charge is -2.28. The topological polar surface area (TPSA) is 85.3 Å². The molecule has 2 rings (SSSR count). The van der Waals surface area contributed by atoms with E-state index in [1.807, 2.05) is 6.92 Å². The average Bonchev–Trinajstić information content (AvgIpc) is 2.54. The van der Waals surface area contributed by atoms with E-state index in [1.165, 1.54) is 0 Å². The largest absolute Gasteiger partial charge is 0.463 e. The SMILES string of the molecule is CCCC1=C(C(=O)OCC)[C@H](c2cccc(Cl)c2)C(C#N)=C(N)O1. The minimum Gasteiger partial charge on any atom is -0.463 e. The quantitative estimate of drug-likeness (QED) is 0.820. The van der Waals surface area contributed by atoms with Gasteiger partial charge >= 0.3 is 5.97 Å². The molecule has 1 aliphatic heterocycles. The number of hydrogen-bond acceptors (Lipinski definition) is 5. The van der Waals surface area contributed by atoms with Crippen LogP contribution in [0, 0.1) is 11.3 Å². The van der Waals surface area contributed by atoms with Crippen LogP contribution in [0.2, 0.25) is 5.02 Å². The predicted molar refractivity (Wildman–Crippen MR) is 90.7 cm³/mol. The number of nitrogens with two attached hydrogens (primary N) is 1. The number of allylic oxidation sites excluding steroid dienone is 2. The number of esters is 1. The monoisotopic (exact) mass is 346 g/mol. The van der Waals surface area contributed by atoms with Gasteiger partial charge in [-0.2, -0.15) is 5.26 Å². The Balaban J connectivity index is 2.66. The molecule has 0 aliphatic carbocycles. The molecule has 0 spiro atoms. The maximum atomic E-state index is 12.6. The molecule has 0 aromatic heterocycles. The van der Waals surface area contributed by atoms with E-state index in [0.717, 1.165) is 6.42 Å². The molecule has 1 aromatic carbocycles. The molecule has 0 bridgehead atoms. The molecule has 24 heavy (non-hydrogen) atoms. The van der Waals surface area contributed by atoms with Crippen molar-refractivity contribution in [1.82, 2.24) is 0 Å². The third-order valence-electron chi connectivity index (χ3n) is 3.65. The van der Waals surface area contributed by atoms with Crippen LogP contribution in [0.25, 0.3) is 0 Å². The zero-order valence-corrected chi connectivity index (χ0v) is 14.4. The third kappa shape index (κ3) is 3.55. The van der Waals surface area contributed by atoms with Crippen molar-refractivity contribution < 1.29 is 14.3 Å². The third-order valence-corrected chi connectivity index (χ3v) is 3.89. The van der Waals surface area contributed by atoms with Gasteiger partial charge in [0.1, 0.15) is 17.4 Å². The fraction of sp³-hybridized carbons (Fsp3) is 0.333. The number of nitrogens with zero attached hydrogens (tertiary/aromatic N) is 1. The van der Waals surface area contributed by atoms with Crippen LogP contribution in [0.1, 0.15) is 38.2 Å². The van der Waals surface area contributed by atoms with E-state index in [4.69, 9.17) is 26.8 Å². The summed E-state index contributed by atoms with van der Waals surface area (Å²) in [6, 6.07) is 9.06. The zero-order chi connectivity index (χ0) is 17.7. The fourth-order valence-corrected chi connectivity index (χ4v) is 2.88. The van der Waals surface area contributed by atoms with Gasteiger partial charge in [-0.05, 0) is 31.0 Å². The smallest absolute Gasteiger partial charge is 0.338 e. The van der Waals surface area contributed by atoms with Crippen molar-refractivity contribution >= 4 is 17.6 Å². The number of benzene rings is 1. The van der Waals surface area contributed by atoms with Gasteiger partial charge in [-0.15, -0.1) is 0 Å². The molecular formula is C18H19ClN2O3.